The number of ether oxygens (including phenoxy) is 5. The highest BCUT2D eigenvalue weighted by molar-refractivity contribution is 9.09. The van der Waals surface area contributed by atoms with E-state index in [1.807, 2.05) is 0 Å². The maximum Gasteiger partial charge on any atom is 0.186 e. The van der Waals surface area contributed by atoms with Gasteiger partial charge in [0, 0.05) is 25.2 Å². The second kappa shape index (κ2) is 16.1. The number of unbranched alkanes of at least 4 members (excludes halogenated alkanes) is 3. The summed E-state index contributed by atoms with van der Waals surface area (Å²) in [5.41, 5.74) is 0. The van der Waals surface area contributed by atoms with Gasteiger partial charge in [0.2, 0.25) is 0 Å². The van der Waals surface area contributed by atoms with Crippen molar-refractivity contribution in [2.24, 2.45) is 0 Å². The first-order valence-electron chi connectivity index (χ1n) is 10.5. The van der Waals surface area contributed by atoms with E-state index in [1.54, 1.807) is 0 Å². The highest BCUT2D eigenvalue weighted by atomic mass is 79.9. The van der Waals surface area contributed by atoms with Crippen molar-refractivity contribution in [2.45, 2.75) is 90.0 Å². The van der Waals surface area contributed by atoms with Crippen LogP contribution in [0.25, 0.3) is 0 Å². The first kappa shape index (κ1) is 25.3. The highest BCUT2D eigenvalue weighted by Crippen LogP contribution is 2.28. The summed E-state index contributed by atoms with van der Waals surface area (Å²) >= 11 is 3.35. The van der Waals surface area contributed by atoms with Gasteiger partial charge < -0.3 is 28.8 Å². The van der Waals surface area contributed by atoms with Crippen molar-refractivity contribution in [3.63, 3.8) is 0 Å². The van der Waals surface area contributed by atoms with Crippen molar-refractivity contribution in [2.75, 3.05) is 38.4 Å². The van der Waals surface area contributed by atoms with Crippen LogP contribution in [0.5, 0.6) is 0 Å². The summed E-state index contributed by atoms with van der Waals surface area (Å²) in [7, 11) is 0. The summed E-state index contributed by atoms with van der Waals surface area (Å²) in [6, 6.07) is 0. The normalized spacial score (nSPS) is 28.6. The molecule has 0 aromatic rings. The zero-order valence-corrected chi connectivity index (χ0v) is 18.8. The SMILES string of the molecule is CCCCOCC1O[C@H](OCCBr)[C@H](O)C(OCCCC)[C@@H]1OCCCC. The second-order valence-electron chi connectivity index (χ2n) is 6.90. The summed E-state index contributed by atoms with van der Waals surface area (Å²) in [4.78, 5) is 0. The van der Waals surface area contributed by atoms with Crippen molar-refractivity contribution < 1.29 is 28.8 Å². The fourth-order valence-corrected chi connectivity index (χ4v) is 3.08. The topological polar surface area (TPSA) is 66.4 Å². The predicted octanol–water partition coefficient (Wildman–Crippen LogP) is 3.67. The van der Waals surface area contributed by atoms with Gasteiger partial charge in [-0.3, -0.25) is 0 Å². The predicted molar refractivity (Wildman–Crippen MR) is 109 cm³/mol. The average molecular weight is 455 g/mol. The molecule has 1 N–H and O–H groups in total. The van der Waals surface area contributed by atoms with Crippen LogP contribution >= 0.6 is 15.9 Å². The molecule has 1 aliphatic heterocycles. The fourth-order valence-electron chi connectivity index (χ4n) is 2.89. The lowest BCUT2D eigenvalue weighted by Gasteiger charge is -2.44. The molecule has 0 radical (unpaired) electrons. The summed E-state index contributed by atoms with van der Waals surface area (Å²) in [6.45, 7) is 9.12. The van der Waals surface area contributed by atoms with Crippen LogP contribution in [0.1, 0.15) is 59.3 Å². The van der Waals surface area contributed by atoms with Gasteiger partial charge in [-0.15, -0.1) is 0 Å². The number of aliphatic hydroxyl groups excluding tert-OH is 1. The molecule has 162 valence electrons. The van der Waals surface area contributed by atoms with Crippen LogP contribution in [0.4, 0.5) is 0 Å². The standard InChI is InChI=1S/C20H39BrO6/c1-4-7-11-23-15-16-18(24-12-8-5-2)19(25-13-9-6-3)17(22)20(27-16)26-14-10-21/h16-20,22H,4-15H2,1-3H3/t16?,17-,18-,19?,20+/m1/s1. The fraction of sp³-hybridized carbons (Fsp3) is 1.00. The first-order valence-corrected chi connectivity index (χ1v) is 11.6. The molecule has 1 fully saturated rings. The molecule has 1 saturated heterocycles. The molecule has 5 atom stereocenters. The Morgan fingerprint density at radius 2 is 1.41 bits per heavy atom. The van der Waals surface area contributed by atoms with Gasteiger partial charge in [-0.1, -0.05) is 56.0 Å². The lowest BCUT2D eigenvalue weighted by Crippen LogP contribution is -2.61. The van der Waals surface area contributed by atoms with E-state index in [2.05, 4.69) is 36.7 Å². The van der Waals surface area contributed by atoms with Crippen molar-refractivity contribution in [1.82, 2.24) is 0 Å². The van der Waals surface area contributed by atoms with Gasteiger partial charge >= 0.3 is 0 Å². The molecule has 0 saturated carbocycles. The molecule has 0 bridgehead atoms. The summed E-state index contributed by atoms with van der Waals surface area (Å²) in [5.74, 6) is 0. The summed E-state index contributed by atoms with van der Waals surface area (Å²) in [5, 5.41) is 11.5. The third-order valence-electron chi connectivity index (χ3n) is 4.51. The molecule has 1 aliphatic rings. The van der Waals surface area contributed by atoms with Gasteiger partial charge in [0.15, 0.2) is 6.29 Å². The van der Waals surface area contributed by atoms with Crippen molar-refractivity contribution in [3.05, 3.63) is 0 Å². The Balaban J connectivity index is 2.82. The second-order valence-corrected chi connectivity index (χ2v) is 7.69. The van der Waals surface area contributed by atoms with Crippen LogP contribution in [0, 0.1) is 0 Å². The minimum atomic E-state index is -0.889. The average Bonchev–Trinajstić information content (AvgIpc) is 2.67. The molecular weight excluding hydrogens is 416 g/mol. The molecule has 6 nitrogen and oxygen atoms in total. The monoisotopic (exact) mass is 454 g/mol. The Hall–Kier alpha value is 0.240. The zero-order chi connectivity index (χ0) is 19.9. The molecule has 7 heteroatoms. The van der Waals surface area contributed by atoms with Gasteiger partial charge in [-0.05, 0) is 19.3 Å². The molecule has 0 aromatic carbocycles. The smallest absolute Gasteiger partial charge is 0.186 e. The molecule has 1 rings (SSSR count). The number of hydrogen-bond donors (Lipinski definition) is 1. The minimum absolute atomic E-state index is 0.325. The zero-order valence-electron chi connectivity index (χ0n) is 17.2. The number of hydrogen-bond acceptors (Lipinski definition) is 6. The van der Waals surface area contributed by atoms with Gasteiger partial charge in [0.1, 0.15) is 24.4 Å². The lowest BCUT2D eigenvalue weighted by atomic mass is 9.98. The third kappa shape index (κ3) is 9.52. The molecule has 2 unspecified atom stereocenters. The van der Waals surface area contributed by atoms with E-state index < -0.39 is 18.5 Å². The minimum Gasteiger partial charge on any atom is -0.385 e. The van der Waals surface area contributed by atoms with Crippen molar-refractivity contribution in [1.29, 1.82) is 0 Å². The van der Waals surface area contributed by atoms with Gasteiger partial charge in [0.05, 0.1) is 13.2 Å². The van der Waals surface area contributed by atoms with Crippen LogP contribution in [0.2, 0.25) is 0 Å². The first-order chi connectivity index (χ1) is 13.2. The van der Waals surface area contributed by atoms with Gasteiger partial charge in [-0.2, -0.15) is 0 Å². The van der Waals surface area contributed by atoms with Crippen LogP contribution in [-0.4, -0.2) is 74.2 Å². The van der Waals surface area contributed by atoms with Crippen LogP contribution in [-0.2, 0) is 23.7 Å². The van der Waals surface area contributed by atoms with E-state index in [4.69, 9.17) is 23.7 Å². The van der Waals surface area contributed by atoms with Crippen molar-refractivity contribution in [3.8, 4) is 0 Å². The van der Waals surface area contributed by atoms with E-state index in [0.29, 0.717) is 38.4 Å². The van der Waals surface area contributed by atoms with E-state index in [-0.39, 0.29) is 12.2 Å². The van der Waals surface area contributed by atoms with Crippen LogP contribution < -0.4 is 0 Å². The third-order valence-corrected chi connectivity index (χ3v) is 4.84. The summed E-state index contributed by atoms with van der Waals surface area (Å²) < 4.78 is 29.7. The van der Waals surface area contributed by atoms with E-state index in [1.165, 1.54) is 0 Å². The molecule has 0 aromatic heterocycles. The highest BCUT2D eigenvalue weighted by Gasteiger charge is 2.47. The Labute approximate surface area is 173 Å². The van der Waals surface area contributed by atoms with E-state index >= 15 is 0 Å². The van der Waals surface area contributed by atoms with Crippen molar-refractivity contribution >= 4 is 15.9 Å². The van der Waals surface area contributed by atoms with E-state index in [9.17, 15) is 5.11 Å². The largest absolute Gasteiger partial charge is 0.385 e. The maximum absolute atomic E-state index is 10.8. The molecule has 1 heterocycles. The van der Waals surface area contributed by atoms with E-state index in [0.717, 1.165) is 38.5 Å². The Bertz CT molecular complexity index is 346. The quantitative estimate of drug-likeness (QED) is 0.283. The van der Waals surface area contributed by atoms with Crippen LogP contribution in [0.3, 0.4) is 0 Å². The molecule has 0 amide bonds. The Morgan fingerprint density at radius 1 is 0.815 bits per heavy atom. The number of rotatable bonds is 16. The van der Waals surface area contributed by atoms with Gasteiger partial charge in [-0.25, -0.2) is 0 Å². The Morgan fingerprint density at radius 3 is 2.00 bits per heavy atom. The molecule has 0 spiro atoms. The van der Waals surface area contributed by atoms with Gasteiger partial charge in [0.25, 0.3) is 0 Å². The maximum atomic E-state index is 10.8. The number of alkyl halides is 1. The summed E-state index contributed by atoms with van der Waals surface area (Å²) in [6.07, 6.45) is 3.28. The lowest BCUT2D eigenvalue weighted by molar-refractivity contribution is -0.314. The molecule has 27 heavy (non-hydrogen) atoms. The molecule has 0 aliphatic carbocycles. The van der Waals surface area contributed by atoms with Crippen LogP contribution in [0.15, 0.2) is 0 Å². The number of aliphatic hydroxyl groups is 1. The Kier molecular flexibility index (Phi) is 15.1. The number of halogens is 1. The molecular formula is C20H39BrO6.